The molecule has 0 spiro atoms. The van der Waals surface area contributed by atoms with E-state index in [0.29, 0.717) is 5.56 Å². The molecule has 0 aromatic heterocycles. The van der Waals surface area contributed by atoms with Crippen LogP contribution < -0.4 is 0 Å². The van der Waals surface area contributed by atoms with Crippen LogP contribution in [0.2, 0.25) is 0 Å². The molecule has 0 aliphatic carbocycles. The van der Waals surface area contributed by atoms with Crippen LogP contribution in [0.1, 0.15) is 17.2 Å². The van der Waals surface area contributed by atoms with Gasteiger partial charge in [0.15, 0.2) is 0 Å². The predicted molar refractivity (Wildman–Crippen MR) is 124 cm³/mol. The molecule has 0 amide bonds. The summed E-state index contributed by atoms with van der Waals surface area (Å²) in [6, 6.07) is 25.7. The molecule has 0 N–H and O–H groups in total. The van der Waals surface area contributed by atoms with Crippen LogP contribution in [-0.2, 0) is 34.8 Å². The van der Waals surface area contributed by atoms with Gasteiger partial charge in [0.2, 0.25) is 21.9 Å². The number of ether oxygens (including phenoxy) is 3. The number of cyclic esters (lactones) is 1. The fourth-order valence-electron chi connectivity index (χ4n) is 4.60. The lowest BCUT2D eigenvalue weighted by Gasteiger charge is -2.41. The molecule has 0 bridgehead atoms. The van der Waals surface area contributed by atoms with Crippen LogP contribution in [0.4, 0.5) is 0 Å². The summed E-state index contributed by atoms with van der Waals surface area (Å²) in [6.07, 6.45) is 0.0848. The molecule has 3 aromatic carbocycles. The van der Waals surface area contributed by atoms with E-state index in [1.807, 2.05) is 36.4 Å². The summed E-state index contributed by atoms with van der Waals surface area (Å²) < 4.78 is 47.5. The first-order valence-electron chi connectivity index (χ1n) is 10.8. The number of hydrogen-bond donors (Lipinski definition) is 0. The molecule has 8 heteroatoms. The number of rotatable bonds is 6. The summed E-state index contributed by atoms with van der Waals surface area (Å²) in [6.45, 7) is 0.0516. The van der Waals surface area contributed by atoms with E-state index in [9.17, 15) is 13.2 Å². The summed E-state index contributed by atoms with van der Waals surface area (Å²) in [5.41, 5.74) is -0.410. The standard InChI is InChI=1S/C26H23NO6S/c1-31-23-17-24(28)33-25(23)26(20-13-7-3-8-14-20)27(34(29,30)21-15-9-4-10-16-21)22(18-32-26)19-11-5-2-6-12-19/h2-17,22,25H,18H2,1H3/t22-,25+,26+/m1/s1. The van der Waals surface area contributed by atoms with E-state index in [-0.39, 0.29) is 17.3 Å². The number of esters is 1. The maximum absolute atomic E-state index is 14.3. The average molecular weight is 478 g/mol. The highest BCUT2D eigenvalue weighted by Crippen LogP contribution is 2.52. The molecule has 3 atom stereocenters. The van der Waals surface area contributed by atoms with Gasteiger partial charge in [0, 0.05) is 5.56 Å². The molecule has 1 fully saturated rings. The largest absolute Gasteiger partial charge is 0.497 e. The zero-order valence-corrected chi connectivity index (χ0v) is 19.2. The minimum Gasteiger partial charge on any atom is -0.497 e. The quantitative estimate of drug-likeness (QED) is 0.503. The van der Waals surface area contributed by atoms with Crippen molar-refractivity contribution in [3.63, 3.8) is 0 Å². The molecule has 2 aliphatic rings. The van der Waals surface area contributed by atoms with Gasteiger partial charge in [0.05, 0.1) is 30.7 Å². The van der Waals surface area contributed by atoms with Crippen molar-refractivity contribution in [2.75, 3.05) is 13.7 Å². The van der Waals surface area contributed by atoms with E-state index in [0.717, 1.165) is 5.56 Å². The van der Waals surface area contributed by atoms with Gasteiger partial charge < -0.3 is 14.2 Å². The lowest BCUT2D eigenvalue weighted by atomic mass is 9.95. The molecule has 0 saturated carbocycles. The fourth-order valence-corrected chi connectivity index (χ4v) is 6.45. The second kappa shape index (κ2) is 8.72. The number of carbonyl (C=O) groups is 1. The van der Waals surface area contributed by atoms with Crippen molar-refractivity contribution in [2.45, 2.75) is 22.8 Å². The van der Waals surface area contributed by atoms with E-state index in [2.05, 4.69) is 0 Å². The summed E-state index contributed by atoms with van der Waals surface area (Å²) in [7, 11) is -2.73. The molecular weight excluding hydrogens is 454 g/mol. The highest BCUT2D eigenvalue weighted by Gasteiger charge is 2.63. The van der Waals surface area contributed by atoms with Crippen molar-refractivity contribution in [3.05, 3.63) is 114 Å². The molecule has 34 heavy (non-hydrogen) atoms. The maximum Gasteiger partial charge on any atom is 0.335 e. The van der Waals surface area contributed by atoms with E-state index < -0.39 is 33.9 Å². The van der Waals surface area contributed by atoms with Gasteiger partial charge in [-0.2, -0.15) is 0 Å². The normalized spacial score (nSPS) is 25.1. The summed E-state index contributed by atoms with van der Waals surface area (Å²) in [5, 5.41) is 0. The predicted octanol–water partition coefficient (Wildman–Crippen LogP) is 3.76. The van der Waals surface area contributed by atoms with Gasteiger partial charge in [-0.25, -0.2) is 13.2 Å². The fraction of sp³-hybridized carbons (Fsp3) is 0.192. The topological polar surface area (TPSA) is 82.1 Å². The third kappa shape index (κ3) is 3.51. The van der Waals surface area contributed by atoms with Crippen LogP contribution in [0.3, 0.4) is 0 Å². The molecule has 5 rings (SSSR count). The van der Waals surface area contributed by atoms with Crippen molar-refractivity contribution in [1.82, 2.24) is 4.31 Å². The molecule has 3 aromatic rings. The van der Waals surface area contributed by atoms with Gasteiger partial charge in [-0.1, -0.05) is 78.9 Å². The highest BCUT2D eigenvalue weighted by atomic mass is 32.2. The van der Waals surface area contributed by atoms with Gasteiger partial charge >= 0.3 is 5.97 Å². The zero-order valence-electron chi connectivity index (χ0n) is 18.4. The average Bonchev–Trinajstić information content (AvgIpc) is 3.47. The Labute approximate surface area is 198 Å². The lowest BCUT2D eigenvalue weighted by molar-refractivity contribution is -0.171. The van der Waals surface area contributed by atoms with Gasteiger partial charge in [0.1, 0.15) is 5.76 Å². The van der Waals surface area contributed by atoms with Crippen LogP contribution in [0.25, 0.3) is 0 Å². The van der Waals surface area contributed by atoms with Gasteiger partial charge in [-0.05, 0) is 17.7 Å². The molecule has 0 radical (unpaired) electrons. The van der Waals surface area contributed by atoms with Crippen LogP contribution in [0, 0.1) is 0 Å². The monoisotopic (exact) mass is 477 g/mol. The van der Waals surface area contributed by atoms with Crippen LogP contribution in [0.15, 0.2) is 108 Å². The number of benzene rings is 3. The first kappa shape index (κ1) is 22.3. The van der Waals surface area contributed by atoms with Crippen molar-refractivity contribution >= 4 is 16.0 Å². The Hall–Kier alpha value is -3.46. The Bertz CT molecular complexity index is 1310. The Morgan fingerprint density at radius 3 is 2.12 bits per heavy atom. The van der Waals surface area contributed by atoms with Crippen molar-refractivity contribution in [2.24, 2.45) is 0 Å². The second-order valence-electron chi connectivity index (χ2n) is 7.98. The van der Waals surface area contributed by atoms with Crippen molar-refractivity contribution < 1.29 is 27.4 Å². The second-order valence-corrected chi connectivity index (χ2v) is 9.80. The van der Waals surface area contributed by atoms with Crippen LogP contribution in [0.5, 0.6) is 0 Å². The van der Waals surface area contributed by atoms with E-state index in [1.165, 1.54) is 17.5 Å². The molecule has 2 aliphatic heterocycles. The van der Waals surface area contributed by atoms with Gasteiger partial charge in [-0.3, -0.25) is 0 Å². The Morgan fingerprint density at radius 1 is 0.912 bits per heavy atom. The third-order valence-electron chi connectivity index (χ3n) is 6.09. The van der Waals surface area contributed by atoms with E-state index in [1.54, 1.807) is 54.6 Å². The lowest BCUT2D eigenvalue weighted by Crippen LogP contribution is -2.55. The van der Waals surface area contributed by atoms with E-state index >= 15 is 0 Å². The van der Waals surface area contributed by atoms with Crippen molar-refractivity contribution in [1.29, 1.82) is 0 Å². The minimum atomic E-state index is -4.14. The smallest absolute Gasteiger partial charge is 0.335 e. The summed E-state index contributed by atoms with van der Waals surface area (Å²) in [4.78, 5) is 12.4. The molecule has 174 valence electrons. The first-order chi connectivity index (χ1) is 16.5. The number of nitrogens with zero attached hydrogens (tertiary/aromatic N) is 1. The number of methoxy groups -OCH3 is 1. The van der Waals surface area contributed by atoms with Crippen LogP contribution in [-0.4, -0.2) is 38.5 Å². The number of hydrogen-bond acceptors (Lipinski definition) is 6. The third-order valence-corrected chi connectivity index (χ3v) is 8.00. The van der Waals surface area contributed by atoms with Gasteiger partial charge in [-0.15, -0.1) is 4.31 Å². The van der Waals surface area contributed by atoms with Gasteiger partial charge in [0.25, 0.3) is 0 Å². The van der Waals surface area contributed by atoms with E-state index in [4.69, 9.17) is 14.2 Å². The Balaban J connectivity index is 1.79. The van der Waals surface area contributed by atoms with Crippen molar-refractivity contribution in [3.8, 4) is 0 Å². The molecule has 1 saturated heterocycles. The van der Waals surface area contributed by atoms with Crippen LogP contribution >= 0.6 is 0 Å². The first-order valence-corrected chi connectivity index (χ1v) is 12.2. The molecule has 2 heterocycles. The molecular formula is C26H23NO6S. The zero-order chi connectivity index (χ0) is 23.8. The summed E-state index contributed by atoms with van der Waals surface area (Å²) >= 11 is 0. The minimum absolute atomic E-state index is 0.0516. The highest BCUT2D eigenvalue weighted by molar-refractivity contribution is 7.89. The molecule has 0 unspecified atom stereocenters. The number of carbonyl (C=O) groups excluding carboxylic acids is 1. The summed E-state index contributed by atoms with van der Waals surface area (Å²) in [5.74, 6) is -0.434. The SMILES string of the molecule is COC1=CC(=O)O[C@@H]1[C@]1(c2ccccc2)OC[C@H](c2ccccc2)N1S(=O)(=O)c1ccccc1. The Kier molecular flexibility index (Phi) is 5.73. The number of sulfonamides is 1. The maximum atomic E-state index is 14.3. The Morgan fingerprint density at radius 2 is 1.50 bits per heavy atom. The molecule has 7 nitrogen and oxygen atoms in total.